The van der Waals surface area contributed by atoms with Gasteiger partial charge < -0.3 is 14.2 Å². The maximum absolute atomic E-state index is 14.6. The molecule has 1 aliphatic rings. The molecule has 0 unspecified atom stereocenters. The second-order valence-electron chi connectivity index (χ2n) is 5.70. The van der Waals surface area contributed by atoms with Crippen molar-refractivity contribution in [1.29, 1.82) is 0 Å². The van der Waals surface area contributed by atoms with E-state index in [2.05, 4.69) is 4.98 Å². The van der Waals surface area contributed by atoms with E-state index < -0.39 is 17.2 Å². The van der Waals surface area contributed by atoms with Crippen LogP contribution in [0.1, 0.15) is 29.2 Å². The molecule has 1 N–H and O–H groups in total. The number of hydrogen-bond acceptors (Lipinski definition) is 3. The molecule has 6 nitrogen and oxygen atoms in total. The van der Waals surface area contributed by atoms with E-state index in [-0.39, 0.29) is 27.7 Å². The number of rotatable bonds is 3. The Balaban J connectivity index is 2.15. The molecule has 1 aliphatic carbocycles. The maximum Gasteiger partial charge on any atom is 0.341 e. The molecule has 8 heteroatoms. The molecule has 2 aromatic heterocycles. The van der Waals surface area contributed by atoms with Crippen LogP contribution < -0.4 is 5.43 Å². The third kappa shape index (κ3) is 2.12. The lowest BCUT2D eigenvalue weighted by Gasteiger charge is -2.16. The second kappa shape index (κ2) is 5.17. The number of imidazole rings is 1. The van der Waals surface area contributed by atoms with Crippen LogP contribution in [0.2, 0.25) is 5.02 Å². The number of halogens is 2. The highest BCUT2D eigenvalue weighted by atomic mass is 35.5. The van der Waals surface area contributed by atoms with Crippen LogP contribution in [0.4, 0.5) is 4.39 Å². The lowest BCUT2D eigenvalue weighted by Crippen LogP contribution is -2.19. The Morgan fingerprint density at radius 1 is 1.42 bits per heavy atom. The number of aromatic carboxylic acids is 1. The van der Waals surface area contributed by atoms with Gasteiger partial charge >= 0.3 is 5.97 Å². The quantitative estimate of drug-likeness (QED) is 0.790. The van der Waals surface area contributed by atoms with Gasteiger partial charge in [0.15, 0.2) is 0 Å². The van der Waals surface area contributed by atoms with Crippen molar-refractivity contribution >= 4 is 28.5 Å². The van der Waals surface area contributed by atoms with E-state index in [4.69, 9.17) is 11.6 Å². The molecule has 0 amide bonds. The van der Waals surface area contributed by atoms with Crippen molar-refractivity contribution in [2.45, 2.75) is 18.9 Å². The largest absolute Gasteiger partial charge is 0.477 e. The summed E-state index contributed by atoms with van der Waals surface area (Å²) in [6.07, 6.45) is 7.44. The summed E-state index contributed by atoms with van der Waals surface area (Å²) in [5.41, 5.74) is -0.703. The first kappa shape index (κ1) is 14.9. The summed E-state index contributed by atoms with van der Waals surface area (Å²) in [5, 5.41) is 9.27. The second-order valence-corrected chi connectivity index (χ2v) is 6.08. The van der Waals surface area contributed by atoms with Crippen molar-refractivity contribution < 1.29 is 14.3 Å². The fourth-order valence-electron chi connectivity index (χ4n) is 2.85. The molecule has 0 bridgehead atoms. The minimum absolute atomic E-state index is 0.0341. The Morgan fingerprint density at radius 2 is 2.17 bits per heavy atom. The van der Waals surface area contributed by atoms with Crippen LogP contribution in [0.5, 0.6) is 0 Å². The summed E-state index contributed by atoms with van der Waals surface area (Å²) in [7, 11) is 0. The molecular weight excluding hydrogens is 337 g/mol. The van der Waals surface area contributed by atoms with Crippen LogP contribution in [0.3, 0.4) is 0 Å². The lowest BCUT2D eigenvalue weighted by atomic mass is 10.1. The Bertz CT molecular complexity index is 1040. The molecule has 3 aromatic rings. The highest BCUT2D eigenvalue weighted by molar-refractivity contribution is 6.37. The van der Waals surface area contributed by atoms with Gasteiger partial charge in [0.05, 0.1) is 22.3 Å². The molecule has 0 radical (unpaired) electrons. The number of carbonyl (C=O) groups is 1. The Morgan fingerprint density at radius 3 is 2.75 bits per heavy atom. The van der Waals surface area contributed by atoms with E-state index in [9.17, 15) is 19.1 Å². The van der Waals surface area contributed by atoms with Gasteiger partial charge in [-0.15, -0.1) is 0 Å². The van der Waals surface area contributed by atoms with Crippen molar-refractivity contribution in [1.82, 2.24) is 14.1 Å². The number of carboxylic acids is 1. The van der Waals surface area contributed by atoms with E-state index in [0.29, 0.717) is 5.52 Å². The van der Waals surface area contributed by atoms with Crippen LogP contribution >= 0.6 is 11.6 Å². The van der Waals surface area contributed by atoms with E-state index >= 15 is 0 Å². The van der Waals surface area contributed by atoms with Crippen LogP contribution in [0, 0.1) is 5.82 Å². The SMILES string of the molecule is O=C(O)c1cn(C2CC2)c2c(Cl)c(-n3ccnc3)c(F)cc2c1=O. The summed E-state index contributed by atoms with van der Waals surface area (Å²) in [6.45, 7) is 0. The summed E-state index contributed by atoms with van der Waals surface area (Å²) >= 11 is 6.42. The predicted octanol–water partition coefficient (Wildman–Crippen LogP) is 3.01. The third-order valence-electron chi connectivity index (χ3n) is 4.12. The Labute approximate surface area is 139 Å². The molecule has 2 heterocycles. The summed E-state index contributed by atoms with van der Waals surface area (Å²) in [4.78, 5) is 27.6. The molecule has 0 saturated heterocycles. The van der Waals surface area contributed by atoms with Gasteiger partial charge in [0.25, 0.3) is 0 Å². The topological polar surface area (TPSA) is 77.1 Å². The first-order valence-corrected chi connectivity index (χ1v) is 7.65. The molecule has 122 valence electrons. The normalized spacial score (nSPS) is 14.2. The fraction of sp³-hybridized carbons (Fsp3) is 0.188. The maximum atomic E-state index is 14.6. The molecule has 0 aliphatic heterocycles. The van der Waals surface area contributed by atoms with Crippen molar-refractivity contribution in [2.75, 3.05) is 0 Å². The van der Waals surface area contributed by atoms with Crippen LogP contribution in [-0.4, -0.2) is 25.2 Å². The molecule has 24 heavy (non-hydrogen) atoms. The predicted molar refractivity (Wildman–Crippen MR) is 85.5 cm³/mol. The monoisotopic (exact) mass is 347 g/mol. The van der Waals surface area contributed by atoms with Crippen LogP contribution in [0.25, 0.3) is 16.6 Å². The van der Waals surface area contributed by atoms with Crippen molar-refractivity contribution in [3.05, 3.63) is 57.6 Å². The number of benzene rings is 1. The van der Waals surface area contributed by atoms with Gasteiger partial charge in [-0.25, -0.2) is 14.2 Å². The van der Waals surface area contributed by atoms with Gasteiger partial charge in [0.1, 0.15) is 17.1 Å². The molecule has 1 aromatic carbocycles. The molecule has 0 atom stereocenters. The first-order chi connectivity index (χ1) is 11.5. The number of pyridine rings is 1. The average Bonchev–Trinajstić information content (AvgIpc) is 3.24. The molecule has 4 rings (SSSR count). The highest BCUT2D eigenvalue weighted by Crippen LogP contribution is 2.40. The number of hydrogen-bond donors (Lipinski definition) is 1. The van der Waals surface area contributed by atoms with E-state index in [0.717, 1.165) is 18.9 Å². The lowest BCUT2D eigenvalue weighted by molar-refractivity contribution is 0.0695. The number of nitrogens with zero attached hydrogens (tertiary/aromatic N) is 3. The number of carboxylic acid groups (broad SMARTS) is 1. The summed E-state index contributed by atoms with van der Waals surface area (Å²) < 4.78 is 17.7. The highest BCUT2D eigenvalue weighted by Gasteiger charge is 2.29. The Hall–Kier alpha value is -2.67. The minimum Gasteiger partial charge on any atom is -0.477 e. The van der Waals surface area contributed by atoms with Gasteiger partial charge in [0, 0.05) is 24.6 Å². The average molecular weight is 348 g/mol. The zero-order chi connectivity index (χ0) is 17.0. The van der Waals surface area contributed by atoms with Gasteiger partial charge in [-0.05, 0) is 18.9 Å². The number of aromatic nitrogens is 3. The van der Waals surface area contributed by atoms with Crippen molar-refractivity contribution in [2.24, 2.45) is 0 Å². The van der Waals surface area contributed by atoms with Crippen molar-refractivity contribution in [3.63, 3.8) is 0 Å². The molecule has 1 saturated carbocycles. The van der Waals surface area contributed by atoms with Crippen LogP contribution in [-0.2, 0) is 0 Å². The molecular formula is C16H11ClFN3O3. The smallest absolute Gasteiger partial charge is 0.341 e. The van der Waals surface area contributed by atoms with Crippen molar-refractivity contribution in [3.8, 4) is 5.69 Å². The van der Waals surface area contributed by atoms with Crippen LogP contribution in [0.15, 0.2) is 35.8 Å². The van der Waals surface area contributed by atoms with E-state index in [1.165, 1.54) is 23.3 Å². The van der Waals surface area contributed by atoms with Gasteiger partial charge in [-0.2, -0.15) is 0 Å². The molecule has 1 fully saturated rings. The van der Waals surface area contributed by atoms with Gasteiger partial charge in [0.2, 0.25) is 5.43 Å². The summed E-state index contributed by atoms with van der Waals surface area (Å²) in [6, 6.07) is 1.11. The zero-order valence-electron chi connectivity index (χ0n) is 12.2. The first-order valence-electron chi connectivity index (χ1n) is 7.27. The zero-order valence-corrected chi connectivity index (χ0v) is 13.0. The fourth-order valence-corrected chi connectivity index (χ4v) is 3.24. The third-order valence-corrected chi connectivity index (χ3v) is 4.48. The minimum atomic E-state index is -1.34. The molecule has 0 spiro atoms. The Kier molecular flexibility index (Phi) is 3.21. The summed E-state index contributed by atoms with van der Waals surface area (Å²) in [5.74, 6) is -2.06. The van der Waals surface area contributed by atoms with E-state index in [1.807, 2.05) is 0 Å². The van der Waals surface area contributed by atoms with E-state index in [1.54, 1.807) is 10.8 Å². The van der Waals surface area contributed by atoms with Gasteiger partial charge in [-0.1, -0.05) is 11.6 Å². The standard InChI is InChI=1S/C16H11ClFN3O3/c17-12-13-9(5-11(18)14(12)20-4-3-19-7-20)15(22)10(16(23)24)6-21(13)8-1-2-8/h3-8H,1-2H2,(H,23,24). The van der Waals surface area contributed by atoms with Gasteiger partial charge in [-0.3, -0.25) is 4.79 Å². The number of fused-ring (bicyclic) bond motifs is 1.